The van der Waals surface area contributed by atoms with Crippen molar-refractivity contribution in [2.45, 2.75) is 13.3 Å². The zero-order chi connectivity index (χ0) is 23.7. The number of carbonyl (C=O) groups is 3. The number of ether oxygens (including phenoxy) is 2. The van der Waals surface area contributed by atoms with Gasteiger partial charge in [-0.1, -0.05) is 6.92 Å². The summed E-state index contributed by atoms with van der Waals surface area (Å²) >= 11 is 0. The summed E-state index contributed by atoms with van der Waals surface area (Å²) < 4.78 is 10.2. The van der Waals surface area contributed by atoms with E-state index in [-0.39, 0.29) is 35.4 Å². The molecule has 0 fully saturated rings. The fourth-order valence-electron chi connectivity index (χ4n) is 2.71. The standard InChI is InChI=1S/C21H24N4O7/c1-4-19(26)22-9-10-23-20(27)13-5-7-14(8-6-13)24-21(28)15-11-17(31-2)18(32-3)12-16(15)25(29)30/h5-8,11-12H,4,9-10H2,1-3H3,(H,22,26)(H,23,27)(H,24,28). The number of hydrogen-bond donors (Lipinski definition) is 3. The van der Waals surface area contributed by atoms with Crippen LogP contribution in [0.1, 0.15) is 34.1 Å². The number of carbonyl (C=O) groups excluding carboxylic acids is 3. The third-order valence-corrected chi connectivity index (χ3v) is 4.40. The topological polar surface area (TPSA) is 149 Å². The fraction of sp³-hybridized carbons (Fsp3) is 0.286. The van der Waals surface area contributed by atoms with Crippen LogP contribution < -0.4 is 25.4 Å². The highest BCUT2D eigenvalue weighted by Crippen LogP contribution is 2.34. The number of anilines is 1. The molecule has 0 aromatic heterocycles. The molecule has 170 valence electrons. The van der Waals surface area contributed by atoms with Crippen molar-refractivity contribution in [1.82, 2.24) is 10.6 Å². The average molecular weight is 444 g/mol. The molecule has 3 amide bonds. The molecule has 2 rings (SSSR count). The van der Waals surface area contributed by atoms with Gasteiger partial charge in [0.2, 0.25) is 5.91 Å². The van der Waals surface area contributed by atoms with Gasteiger partial charge < -0.3 is 25.4 Å². The lowest BCUT2D eigenvalue weighted by atomic mass is 10.1. The second-order valence-corrected chi connectivity index (χ2v) is 6.47. The highest BCUT2D eigenvalue weighted by Gasteiger charge is 2.24. The van der Waals surface area contributed by atoms with Gasteiger partial charge in [0.25, 0.3) is 17.5 Å². The number of nitrogens with zero attached hydrogens (tertiary/aromatic N) is 1. The Labute approximate surface area is 184 Å². The number of rotatable bonds is 10. The van der Waals surface area contributed by atoms with E-state index in [0.29, 0.717) is 24.2 Å². The summed E-state index contributed by atoms with van der Waals surface area (Å²) in [4.78, 5) is 46.7. The van der Waals surface area contributed by atoms with Gasteiger partial charge in [-0.05, 0) is 24.3 Å². The lowest BCUT2D eigenvalue weighted by Crippen LogP contribution is -2.34. The Kier molecular flexibility index (Phi) is 8.52. The van der Waals surface area contributed by atoms with Crippen LogP contribution in [-0.2, 0) is 4.79 Å². The Bertz CT molecular complexity index is 1010. The highest BCUT2D eigenvalue weighted by atomic mass is 16.6. The summed E-state index contributed by atoms with van der Waals surface area (Å²) in [5.74, 6) is -0.870. The molecule has 32 heavy (non-hydrogen) atoms. The van der Waals surface area contributed by atoms with Crippen molar-refractivity contribution in [1.29, 1.82) is 0 Å². The number of nitrogens with one attached hydrogen (secondary N) is 3. The van der Waals surface area contributed by atoms with Crippen LogP contribution in [0.5, 0.6) is 11.5 Å². The Hall–Kier alpha value is -4.15. The van der Waals surface area contributed by atoms with Crippen molar-refractivity contribution in [3.05, 3.63) is 57.6 Å². The lowest BCUT2D eigenvalue weighted by molar-refractivity contribution is -0.385. The van der Waals surface area contributed by atoms with Crippen molar-refractivity contribution >= 4 is 29.1 Å². The Morgan fingerprint density at radius 1 is 0.938 bits per heavy atom. The minimum atomic E-state index is -0.721. The first-order valence-corrected chi connectivity index (χ1v) is 9.67. The maximum Gasteiger partial charge on any atom is 0.286 e. The smallest absolute Gasteiger partial charge is 0.286 e. The van der Waals surface area contributed by atoms with E-state index in [0.717, 1.165) is 6.07 Å². The van der Waals surface area contributed by atoms with E-state index in [2.05, 4.69) is 16.0 Å². The van der Waals surface area contributed by atoms with Crippen molar-refractivity contribution in [2.24, 2.45) is 0 Å². The van der Waals surface area contributed by atoms with Gasteiger partial charge in [-0.25, -0.2) is 0 Å². The van der Waals surface area contributed by atoms with E-state index in [4.69, 9.17) is 9.47 Å². The average Bonchev–Trinajstić information content (AvgIpc) is 2.80. The molecule has 0 aliphatic heterocycles. The third kappa shape index (κ3) is 6.17. The van der Waals surface area contributed by atoms with Gasteiger partial charge in [0.05, 0.1) is 25.2 Å². The summed E-state index contributed by atoms with van der Waals surface area (Å²) in [6.07, 6.45) is 0.369. The molecule has 0 heterocycles. The largest absolute Gasteiger partial charge is 0.493 e. The van der Waals surface area contributed by atoms with Crippen LogP contribution in [-0.4, -0.2) is 50.0 Å². The minimum absolute atomic E-state index is 0.103. The van der Waals surface area contributed by atoms with Crippen LogP contribution in [0.4, 0.5) is 11.4 Å². The first-order valence-electron chi connectivity index (χ1n) is 9.67. The zero-order valence-electron chi connectivity index (χ0n) is 17.9. The van der Waals surface area contributed by atoms with Gasteiger partial charge in [0.1, 0.15) is 5.56 Å². The number of amides is 3. The quantitative estimate of drug-likeness (QED) is 0.289. The fourth-order valence-corrected chi connectivity index (χ4v) is 2.71. The van der Waals surface area contributed by atoms with Crippen LogP contribution in [0.2, 0.25) is 0 Å². The molecule has 2 aromatic carbocycles. The molecule has 0 saturated heterocycles. The Balaban J connectivity index is 2.07. The normalized spacial score (nSPS) is 10.1. The van der Waals surface area contributed by atoms with Gasteiger partial charge in [-0.3, -0.25) is 24.5 Å². The maximum absolute atomic E-state index is 12.7. The molecule has 0 bridgehead atoms. The molecule has 0 spiro atoms. The van der Waals surface area contributed by atoms with E-state index in [1.54, 1.807) is 6.92 Å². The van der Waals surface area contributed by atoms with Crippen molar-refractivity contribution in [3.8, 4) is 11.5 Å². The van der Waals surface area contributed by atoms with Gasteiger partial charge in [-0.15, -0.1) is 0 Å². The molecule has 3 N–H and O–H groups in total. The molecule has 0 unspecified atom stereocenters. The molecule has 0 radical (unpaired) electrons. The van der Waals surface area contributed by atoms with E-state index >= 15 is 0 Å². The summed E-state index contributed by atoms with van der Waals surface area (Å²) in [7, 11) is 2.69. The summed E-state index contributed by atoms with van der Waals surface area (Å²) in [5, 5.41) is 19.3. The van der Waals surface area contributed by atoms with Crippen LogP contribution in [0.15, 0.2) is 36.4 Å². The minimum Gasteiger partial charge on any atom is -0.493 e. The van der Waals surface area contributed by atoms with Crippen LogP contribution in [0.3, 0.4) is 0 Å². The lowest BCUT2D eigenvalue weighted by Gasteiger charge is -2.11. The number of benzene rings is 2. The SMILES string of the molecule is CCC(=O)NCCNC(=O)c1ccc(NC(=O)c2cc(OC)c(OC)cc2[N+](=O)[O-])cc1. The zero-order valence-corrected chi connectivity index (χ0v) is 17.9. The highest BCUT2D eigenvalue weighted by molar-refractivity contribution is 6.07. The molecule has 0 saturated carbocycles. The van der Waals surface area contributed by atoms with Gasteiger partial charge in [0.15, 0.2) is 11.5 Å². The summed E-state index contributed by atoms with van der Waals surface area (Å²) in [6, 6.07) is 8.34. The molecule has 0 atom stereocenters. The van der Waals surface area contributed by atoms with Gasteiger partial charge >= 0.3 is 0 Å². The number of nitro benzene ring substituents is 1. The van der Waals surface area contributed by atoms with Crippen LogP contribution in [0, 0.1) is 10.1 Å². The summed E-state index contributed by atoms with van der Waals surface area (Å²) in [6.45, 7) is 2.32. The second kappa shape index (κ2) is 11.3. The molecular formula is C21H24N4O7. The van der Waals surface area contributed by atoms with Crippen LogP contribution in [0.25, 0.3) is 0 Å². The molecule has 0 aliphatic rings. The first kappa shape index (κ1) is 24.1. The van der Waals surface area contributed by atoms with E-state index in [1.165, 1.54) is 44.6 Å². The molecular weight excluding hydrogens is 420 g/mol. The number of hydrogen-bond acceptors (Lipinski definition) is 7. The van der Waals surface area contributed by atoms with E-state index < -0.39 is 16.5 Å². The monoisotopic (exact) mass is 444 g/mol. The summed E-state index contributed by atoms with van der Waals surface area (Å²) in [5.41, 5.74) is 0.0441. The number of methoxy groups -OCH3 is 2. The Morgan fingerprint density at radius 3 is 2.09 bits per heavy atom. The van der Waals surface area contributed by atoms with Crippen molar-refractivity contribution in [2.75, 3.05) is 32.6 Å². The predicted molar refractivity (Wildman–Crippen MR) is 116 cm³/mol. The van der Waals surface area contributed by atoms with Gasteiger partial charge in [-0.2, -0.15) is 0 Å². The first-order chi connectivity index (χ1) is 15.3. The Morgan fingerprint density at radius 2 is 1.53 bits per heavy atom. The van der Waals surface area contributed by atoms with Crippen LogP contribution >= 0.6 is 0 Å². The van der Waals surface area contributed by atoms with Crippen molar-refractivity contribution < 1.29 is 28.8 Å². The second-order valence-electron chi connectivity index (χ2n) is 6.47. The van der Waals surface area contributed by atoms with E-state index in [1.807, 2.05) is 0 Å². The third-order valence-electron chi connectivity index (χ3n) is 4.40. The predicted octanol–water partition coefficient (Wildman–Crippen LogP) is 2.12. The maximum atomic E-state index is 12.7. The molecule has 11 nitrogen and oxygen atoms in total. The molecule has 0 aliphatic carbocycles. The molecule has 2 aromatic rings. The van der Waals surface area contributed by atoms with Crippen molar-refractivity contribution in [3.63, 3.8) is 0 Å². The van der Waals surface area contributed by atoms with Gasteiger partial charge in [0, 0.05) is 36.8 Å². The number of nitro groups is 1. The van der Waals surface area contributed by atoms with E-state index in [9.17, 15) is 24.5 Å². The molecule has 11 heteroatoms.